The van der Waals surface area contributed by atoms with E-state index in [-0.39, 0.29) is 0 Å². The van der Waals surface area contributed by atoms with E-state index < -0.39 is 0 Å². The van der Waals surface area contributed by atoms with Crippen LogP contribution in [-0.4, -0.2) is 16.2 Å². The summed E-state index contributed by atoms with van der Waals surface area (Å²) in [5, 5.41) is 9.17. The number of aromatic nitrogens is 2. The van der Waals surface area contributed by atoms with Crippen LogP contribution in [0, 0.1) is 11.3 Å². The number of benzene rings is 1. The molecule has 0 bridgehead atoms. The molecular weight excluding hydrogens is 250 g/mol. The minimum Gasteiger partial charge on any atom is -0.493 e. The second-order valence-corrected chi connectivity index (χ2v) is 4.16. The molecule has 18 heavy (non-hydrogen) atoms. The molecule has 0 radical (unpaired) electrons. The van der Waals surface area contributed by atoms with Crippen molar-refractivity contribution in [3.05, 3.63) is 47.5 Å². The lowest BCUT2D eigenvalue weighted by Gasteiger charge is -2.07. The molecule has 1 aromatic heterocycles. The number of hydrogen-bond acceptors (Lipinski definition) is 3. The van der Waals surface area contributed by atoms with E-state index in [1.54, 1.807) is 30.7 Å². The van der Waals surface area contributed by atoms with Gasteiger partial charge in [0.05, 0.1) is 23.5 Å². The molecule has 1 heterocycles. The molecule has 0 saturated heterocycles. The Hall–Kier alpha value is -1.99. The summed E-state index contributed by atoms with van der Waals surface area (Å²) in [6.45, 7) is 1.46. The van der Waals surface area contributed by atoms with Crippen molar-refractivity contribution in [3.8, 4) is 11.8 Å². The molecule has 0 atom stereocenters. The lowest BCUT2D eigenvalue weighted by Crippen LogP contribution is -2.03. The number of nitriles is 1. The van der Waals surface area contributed by atoms with Gasteiger partial charge in [-0.1, -0.05) is 11.6 Å². The average molecular weight is 262 g/mol. The molecule has 0 amide bonds. The monoisotopic (exact) mass is 261 g/mol. The molecule has 0 unspecified atom stereocenters. The molecule has 0 aliphatic heterocycles. The van der Waals surface area contributed by atoms with Gasteiger partial charge < -0.3 is 9.30 Å². The van der Waals surface area contributed by atoms with E-state index >= 15 is 0 Å². The van der Waals surface area contributed by atoms with Crippen molar-refractivity contribution >= 4 is 11.6 Å². The van der Waals surface area contributed by atoms with Crippen LogP contribution in [-0.2, 0) is 6.54 Å². The number of rotatable bonds is 5. The van der Waals surface area contributed by atoms with Gasteiger partial charge in [-0.2, -0.15) is 5.26 Å². The van der Waals surface area contributed by atoms with E-state index in [0.717, 1.165) is 13.0 Å². The van der Waals surface area contributed by atoms with Crippen LogP contribution < -0.4 is 4.74 Å². The second kappa shape index (κ2) is 6.08. The average Bonchev–Trinajstić information content (AvgIpc) is 2.88. The Morgan fingerprint density at radius 1 is 1.44 bits per heavy atom. The fraction of sp³-hybridized carbons (Fsp3) is 0.231. The molecule has 0 N–H and O–H groups in total. The summed E-state index contributed by atoms with van der Waals surface area (Å²) in [6.07, 6.45) is 6.33. The maximum absolute atomic E-state index is 8.75. The van der Waals surface area contributed by atoms with Crippen molar-refractivity contribution in [2.75, 3.05) is 6.61 Å². The third-order valence-corrected chi connectivity index (χ3v) is 2.76. The van der Waals surface area contributed by atoms with Gasteiger partial charge in [0.1, 0.15) is 11.8 Å². The smallest absolute Gasteiger partial charge is 0.120 e. The minimum absolute atomic E-state index is 0.421. The van der Waals surface area contributed by atoms with Gasteiger partial charge in [-0.3, -0.25) is 0 Å². The normalized spacial score (nSPS) is 10.0. The molecule has 2 rings (SSSR count). The first-order valence-corrected chi connectivity index (χ1v) is 5.95. The molecule has 92 valence electrons. The van der Waals surface area contributed by atoms with Gasteiger partial charge >= 0.3 is 0 Å². The second-order valence-electron chi connectivity index (χ2n) is 3.76. The summed E-state index contributed by atoms with van der Waals surface area (Å²) >= 11 is 5.91. The Labute approximate surface area is 110 Å². The molecule has 5 heteroatoms. The van der Waals surface area contributed by atoms with Gasteiger partial charge in [0.25, 0.3) is 0 Å². The van der Waals surface area contributed by atoms with Crippen LogP contribution in [0.3, 0.4) is 0 Å². The third kappa shape index (κ3) is 3.25. The maximum atomic E-state index is 8.75. The predicted octanol–water partition coefficient (Wildman–Crippen LogP) is 2.88. The van der Waals surface area contributed by atoms with Crippen molar-refractivity contribution < 1.29 is 4.74 Å². The highest BCUT2D eigenvalue weighted by atomic mass is 35.5. The van der Waals surface area contributed by atoms with E-state index in [9.17, 15) is 0 Å². The number of hydrogen-bond donors (Lipinski definition) is 0. The zero-order valence-corrected chi connectivity index (χ0v) is 10.5. The molecule has 0 aliphatic rings. The summed E-state index contributed by atoms with van der Waals surface area (Å²) in [5.74, 6) is 0.685. The summed E-state index contributed by atoms with van der Waals surface area (Å²) < 4.78 is 7.55. The summed E-state index contributed by atoms with van der Waals surface area (Å²) in [6, 6.07) is 7.09. The number of halogens is 1. The van der Waals surface area contributed by atoms with Gasteiger partial charge in [-0.05, 0) is 18.6 Å². The van der Waals surface area contributed by atoms with Gasteiger partial charge in [0.15, 0.2) is 0 Å². The van der Waals surface area contributed by atoms with Crippen LogP contribution in [0.2, 0.25) is 5.02 Å². The number of aryl methyl sites for hydroxylation is 1. The SMILES string of the molecule is N#Cc1ccc(OCCCn2ccnc2)cc1Cl. The topological polar surface area (TPSA) is 50.8 Å². The van der Waals surface area contributed by atoms with Crippen molar-refractivity contribution in [2.24, 2.45) is 0 Å². The highest BCUT2D eigenvalue weighted by Crippen LogP contribution is 2.21. The van der Waals surface area contributed by atoms with E-state index in [1.807, 2.05) is 16.8 Å². The van der Waals surface area contributed by atoms with E-state index in [4.69, 9.17) is 21.6 Å². The first kappa shape index (κ1) is 12.5. The van der Waals surface area contributed by atoms with Crippen molar-refractivity contribution in [1.82, 2.24) is 9.55 Å². The quantitative estimate of drug-likeness (QED) is 0.778. The fourth-order valence-corrected chi connectivity index (χ4v) is 1.75. The van der Waals surface area contributed by atoms with Crippen LogP contribution >= 0.6 is 11.6 Å². The van der Waals surface area contributed by atoms with Gasteiger partial charge in [0, 0.05) is 25.0 Å². The lowest BCUT2D eigenvalue weighted by atomic mass is 10.2. The minimum atomic E-state index is 0.421. The standard InChI is InChI=1S/C13H12ClN3O/c14-13-8-12(3-2-11(13)9-15)18-7-1-5-17-6-4-16-10-17/h2-4,6,8,10H,1,5,7H2. The highest BCUT2D eigenvalue weighted by molar-refractivity contribution is 6.31. The zero-order chi connectivity index (χ0) is 12.8. The molecule has 0 saturated carbocycles. The summed E-state index contributed by atoms with van der Waals surface area (Å²) in [5.41, 5.74) is 0.461. The molecule has 0 spiro atoms. The Morgan fingerprint density at radius 2 is 2.33 bits per heavy atom. The Balaban J connectivity index is 1.80. The van der Waals surface area contributed by atoms with Crippen molar-refractivity contribution in [2.45, 2.75) is 13.0 Å². The molecule has 2 aromatic rings. The third-order valence-electron chi connectivity index (χ3n) is 2.45. The number of nitrogens with zero attached hydrogens (tertiary/aromatic N) is 3. The molecule has 4 nitrogen and oxygen atoms in total. The first-order valence-electron chi connectivity index (χ1n) is 5.58. The summed E-state index contributed by atoms with van der Waals surface area (Å²) in [7, 11) is 0. The van der Waals surface area contributed by atoms with Gasteiger partial charge in [-0.25, -0.2) is 4.98 Å². The Bertz CT molecular complexity index is 546. The van der Waals surface area contributed by atoms with E-state index in [0.29, 0.717) is 22.9 Å². The van der Waals surface area contributed by atoms with Crippen LogP contribution in [0.25, 0.3) is 0 Å². The maximum Gasteiger partial charge on any atom is 0.120 e. The van der Waals surface area contributed by atoms with E-state index in [1.165, 1.54) is 0 Å². The Morgan fingerprint density at radius 3 is 3.00 bits per heavy atom. The predicted molar refractivity (Wildman–Crippen MR) is 68.5 cm³/mol. The first-order chi connectivity index (χ1) is 8.79. The van der Waals surface area contributed by atoms with Crippen molar-refractivity contribution in [1.29, 1.82) is 5.26 Å². The molecular formula is C13H12ClN3O. The Kier molecular flexibility index (Phi) is 4.21. The van der Waals surface area contributed by atoms with Gasteiger partial charge in [-0.15, -0.1) is 0 Å². The van der Waals surface area contributed by atoms with Crippen LogP contribution in [0.1, 0.15) is 12.0 Å². The largest absolute Gasteiger partial charge is 0.493 e. The fourth-order valence-electron chi connectivity index (χ4n) is 1.53. The van der Waals surface area contributed by atoms with Crippen LogP contribution in [0.4, 0.5) is 0 Å². The summed E-state index contributed by atoms with van der Waals surface area (Å²) in [4.78, 5) is 3.96. The molecule has 1 aromatic carbocycles. The lowest BCUT2D eigenvalue weighted by molar-refractivity contribution is 0.302. The highest BCUT2D eigenvalue weighted by Gasteiger charge is 2.01. The van der Waals surface area contributed by atoms with Gasteiger partial charge in [0.2, 0.25) is 0 Å². The molecule has 0 aliphatic carbocycles. The molecule has 0 fully saturated rings. The number of ether oxygens (including phenoxy) is 1. The van der Waals surface area contributed by atoms with Crippen molar-refractivity contribution in [3.63, 3.8) is 0 Å². The van der Waals surface area contributed by atoms with Crippen LogP contribution in [0.5, 0.6) is 5.75 Å². The van der Waals surface area contributed by atoms with E-state index in [2.05, 4.69) is 4.98 Å². The zero-order valence-electron chi connectivity index (χ0n) is 9.71. The van der Waals surface area contributed by atoms with Crippen LogP contribution in [0.15, 0.2) is 36.9 Å². The number of imidazole rings is 1.